The first-order valence-corrected chi connectivity index (χ1v) is 10.4. The number of aromatic nitrogens is 1. The average Bonchev–Trinajstić information content (AvgIpc) is 3.06. The molecule has 6 heteroatoms. The van der Waals surface area contributed by atoms with Crippen LogP contribution in [-0.4, -0.2) is 44.7 Å². The molecule has 2 aromatic carbocycles. The largest absolute Gasteiger partial charge is 0.494 e. The Kier molecular flexibility index (Phi) is 6.31. The molecule has 0 radical (unpaired) electrons. The molecule has 0 aliphatic carbocycles. The van der Waals surface area contributed by atoms with Gasteiger partial charge in [-0.15, -0.1) is 0 Å². The van der Waals surface area contributed by atoms with Crippen LogP contribution in [0.15, 0.2) is 36.4 Å². The summed E-state index contributed by atoms with van der Waals surface area (Å²) in [4.78, 5) is 21.2. The lowest BCUT2D eigenvalue weighted by molar-refractivity contribution is -0.856. The van der Waals surface area contributed by atoms with E-state index in [1.807, 2.05) is 36.1 Å². The molecule has 1 heterocycles. The fourth-order valence-electron chi connectivity index (χ4n) is 3.11. The Morgan fingerprint density at radius 1 is 1.18 bits per heavy atom. The number of anilines is 1. The Bertz CT molecular complexity index is 964. The number of hydrogen-bond donors (Lipinski definition) is 1. The van der Waals surface area contributed by atoms with E-state index in [-0.39, 0.29) is 5.91 Å². The van der Waals surface area contributed by atoms with Crippen molar-refractivity contribution in [3.8, 4) is 5.75 Å². The van der Waals surface area contributed by atoms with Crippen LogP contribution >= 0.6 is 11.3 Å². The van der Waals surface area contributed by atoms with Gasteiger partial charge >= 0.3 is 0 Å². The first-order chi connectivity index (χ1) is 13.4. The summed E-state index contributed by atoms with van der Waals surface area (Å²) in [7, 11) is 4.18. The van der Waals surface area contributed by atoms with Gasteiger partial charge in [-0.1, -0.05) is 17.4 Å². The molecule has 0 atom stereocenters. The van der Waals surface area contributed by atoms with Crippen molar-refractivity contribution in [3.63, 3.8) is 0 Å². The smallest absolute Gasteiger partial charge is 0.260 e. The summed E-state index contributed by atoms with van der Waals surface area (Å²) in [6.45, 7) is 8.17. The number of hydrogen-bond acceptors (Lipinski definition) is 4. The van der Waals surface area contributed by atoms with E-state index in [2.05, 4.69) is 40.1 Å². The predicted octanol–water partition coefficient (Wildman–Crippen LogP) is 3.10. The molecule has 28 heavy (non-hydrogen) atoms. The molecular formula is C22H28N3O2S+. The highest BCUT2D eigenvalue weighted by atomic mass is 32.1. The van der Waals surface area contributed by atoms with E-state index in [4.69, 9.17) is 9.72 Å². The van der Waals surface area contributed by atoms with Crippen molar-refractivity contribution in [2.24, 2.45) is 0 Å². The molecule has 0 saturated carbocycles. The van der Waals surface area contributed by atoms with Crippen LogP contribution in [-0.2, 0) is 0 Å². The fraction of sp³-hybridized carbons (Fsp3) is 0.364. The average molecular weight is 399 g/mol. The summed E-state index contributed by atoms with van der Waals surface area (Å²) in [6, 6.07) is 11.6. The zero-order valence-corrected chi connectivity index (χ0v) is 18.0. The van der Waals surface area contributed by atoms with Crippen molar-refractivity contribution in [1.82, 2.24) is 4.98 Å². The molecule has 1 amide bonds. The summed E-state index contributed by atoms with van der Waals surface area (Å²) in [6.07, 6.45) is 0. The number of quaternary nitrogens is 1. The monoisotopic (exact) mass is 398 g/mol. The molecule has 0 aliphatic heterocycles. The molecule has 0 fully saturated rings. The molecule has 1 aromatic heterocycles. The number of nitrogens with one attached hydrogen (secondary N) is 1. The van der Waals surface area contributed by atoms with E-state index in [1.54, 1.807) is 11.3 Å². The second kappa shape index (κ2) is 8.71. The Hall–Kier alpha value is -2.44. The maximum absolute atomic E-state index is 13.3. The number of carbonyl (C=O) groups is 1. The molecule has 3 aromatic rings. The number of likely N-dealkylation sites (N-methyl/N-ethyl adjacent to an activating group) is 1. The quantitative estimate of drug-likeness (QED) is 0.665. The Morgan fingerprint density at radius 3 is 2.54 bits per heavy atom. The summed E-state index contributed by atoms with van der Waals surface area (Å²) < 4.78 is 6.61. The first-order valence-electron chi connectivity index (χ1n) is 9.60. The molecule has 5 nitrogen and oxygen atoms in total. The van der Waals surface area contributed by atoms with Crippen LogP contribution in [0.5, 0.6) is 5.75 Å². The number of fused-ring (bicyclic) bond motifs is 1. The van der Waals surface area contributed by atoms with E-state index in [0.717, 1.165) is 33.2 Å². The fourth-order valence-corrected chi connectivity index (χ4v) is 4.28. The van der Waals surface area contributed by atoms with Gasteiger partial charge in [0.25, 0.3) is 5.91 Å². The summed E-state index contributed by atoms with van der Waals surface area (Å²) in [5, 5.41) is 0.754. The van der Waals surface area contributed by atoms with Gasteiger partial charge in [-0.25, -0.2) is 4.98 Å². The van der Waals surface area contributed by atoms with Crippen LogP contribution in [0.4, 0.5) is 5.13 Å². The number of ether oxygens (including phenoxy) is 1. The van der Waals surface area contributed by atoms with Gasteiger partial charge in [0, 0.05) is 5.56 Å². The van der Waals surface area contributed by atoms with Gasteiger partial charge in [-0.2, -0.15) is 0 Å². The minimum absolute atomic E-state index is 0.0299. The van der Waals surface area contributed by atoms with Crippen LogP contribution in [0.25, 0.3) is 10.2 Å². The Labute approximate surface area is 170 Å². The second-order valence-electron chi connectivity index (χ2n) is 7.30. The minimum Gasteiger partial charge on any atom is -0.494 e. The first kappa shape index (κ1) is 20.3. The number of rotatable bonds is 7. The van der Waals surface area contributed by atoms with Gasteiger partial charge in [0.2, 0.25) is 0 Å². The van der Waals surface area contributed by atoms with Crippen molar-refractivity contribution in [3.05, 3.63) is 53.1 Å². The third kappa shape index (κ3) is 4.51. The number of thiazole rings is 1. The van der Waals surface area contributed by atoms with Gasteiger partial charge in [0.1, 0.15) is 5.75 Å². The summed E-state index contributed by atoms with van der Waals surface area (Å²) in [5.74, 6) is 0.743. The number of benzene rings is 2. The topological polar surface area (TPSA) is 46.9 Å². The van der Waals surface area contributed by atoms with Crippen molar-refractivity contribution < 1.29 is 14.4 Å². The SMILES string of the molecule is CCOc1ccc(C(=O)N(CC[NH+](C)C)c2nc3c(C)cc(C)cc3s2)cc1. The Morgan fingerprint density at radius 2 is 1.89 bits per heavy atom. The lowest BCUT2D eigenvalue weighted by Crippen LogP contribution is -3.06. The maximum Gasteiger partial charge on any atom is 0.260 e. The van der Waals surface area contributed by atoms with E-state index in [0.29, 0.717) is 18.7 Å². The van der Waals surface area contributed by atoms with Crippen LogP contribution in [0.2, 0.25) is 0 Å². The molecule has 0 unspecified atom stereocenters. The summed E-state index contributed by atoms with van der Waals surface area (Å²) in [5.41, 5.74) is 3.98. The summed E-state index contributed by atoms with van der Waals surface area (Å²) >= 11 is 1.58. The van der Waals surface area contributed by atoms with Crippen LogP contribution < -0.4 is 14.5 Å². The minimum atomic E-state index is -0.0299. The second-order valence-corrected chi connectivity index (χ2v) is 8.31. The normalized spacial score (nSPS) is 11.2. The van der Waals surface area contributed by atoms with Gasteiger partial charge < -0.3 is 9.64 Å². The number of amides is 1. The number of nitrogens with zero attached hydrogens (tertiary/aromatic N) is 2. The van der Waals surface area contributed by atoms with Gasteiger partial charge in [-0.05, 0) is 62.2 Å². The lowest BCUT2D eigenvalue weighted by atomic mass is 10.1. The van der Waals surface area contributed by atoms with Crippen LogP contribution in [0.3, 0.4) is 0 Å². The van der Waals surface area contributed by atoms with Crippen molar-refractivity contribution >= 4 is 32.6 Å². The molecular weight excluding hydrogens is 370 g/mol. The molecule has 3 rings (SSSR count). The molecule has 0 aliphatic rings. The zero-order valence-electron chi connectivity index (χ0n) is 17.2. The van der Waals surface area contributed by atoms with Crippen molar-refractivity contribution in [1.29, 1.82) is 0 Å². The highest BCUT2D eigenvalue weighted by Gasteiger charge is 2.22. The third-order valence-corrected chi connectivity index (χ3v) is 5.57. The van der Waals surface area contributed by atoms with E-state index >= 15 is 0 Å². The third-order valence-electron chi connectivity index (χ3n) is 4.54. The van der Waals surface area contributed by atoms with Crippen LogP contribution in [0.1, 0.15) is 28.4 Å². The predicted molar refractivity (Wildman–Crippen MR) is 116 cm³/mol. The standard InChI is InChI=1S/C22H27N3O2S/c1-6-27-18-9-7-17(8-10-18)21(26)25(12-11-24(4)5)22-23-20-16(3)13-15(2)14-19(20)28-22/h7-10,13-14H,6,11-12H2,1-5H3/p+1. The van der Waals surface area contributed by atoms with Gasteiger partial charge in [-0.3, -0.25) is 9.69 Å². The van der Waals surface area contributed by atoms with E-state index in [1.165, 1.54) is 10.5 Å². The van der Waals surface area contributed by atoms with Gasteiger partial charge in [0.15, 0.2) is 5.13 Å². The highest BCUT2D eigenvalue weighted by molar-refractivity contribution is 7.22. The molecule has 0 saturated heterocycles. The molecule has 0 bridgehead atoms. The maximum atomic E-state index is 13.3. The number of carbonyl (C=O) groups excluding carboxylic acids is 1. The molecule has 0 spiro atoms. The van der Waals surface area contributed by atoms with Crippen molar-refractivity contribution in [2.45, 2.75) is 20.8 Å². The zero-order chi connectivity index (χ0) is 20.3. The highest BCUT2D eigenvalue weighted by Crippen LogP contribution is 2.32. The number of aryl methyl sites for hydroxylation is 2. The van der Waals surface area contributed by atoms with Crippen LogP contribution in [0, 0.1) is 13.8 Å². The van der Waals surface area contributed by atoms with Gasteiger partial charge in [0.05, 0.1) is 44.0 Å². The van der Waals surface area contributed by atoms with Crippen molar-refractivity contribution in [2.75, 3.05) is 38.7 Å². The van der Waals surface area contributed by atoms with E-state index in [9.17, 15) is 4.79 Å². The Balaban J connectivity index is 1.96. The molecule has 148 valence electrons. The van der Waals surface area contributed by atoms with E-state index < -0.39 is 0 Å². The molecule has 1 N–H and O–H groups in total. The lowest BCUT2D eigenvalue weighted by Gasteiger charge is -2.21.